The Hall–Kier alpha value is -2.09. The zero-order chi connectivity index (χ0) is 25.5. The first-order valence-corrected chi connectivity index (χ1v) is 14.1. The summed E-state index contributed by atoms with van der Waals surface area (Å²) in [7, 11) is -4.73. The highest BCUT2D eigenvalue weighted by molar-refractivity contribution is 7.89. The summed E-state index contributed by atoms with van der Waals surface area (Å²) < 4.78 is 66.1. The first-order chi connectivity index (χ1) is 17.1. The molecule has 3 atom stereocenters. The number of nitrogens with zero attached hydrogens (tertiary/aromatic N) is 3. The SMILES string of the molecule is NS(=O)(=O)c1c(C(F)(F)F)ccc(C2CCC(NC3CC[C@@H]4CNCC[C@H]4C3)CC2)c1-c1nn[nH]n1. The van der Waals surface area contributed by atoms with E-state index < -0.39 is 26.7 Å². The van der Waals surface area contributed by atoms with Crippen molar-refractivity contribution in [2.24, 2.45) is 17.0 Å². The lowest BCUT2D eigenvalue weighted by Gasteiger charge is -2.42. The van der Waals surface area contributed by atoms with Crippen molar-refractivity contribution in [3.8, 4) is 11.4 Å². The third-order valence-corrected chi connectivity index (χ3v) is 9.22. The maximum Gasteiger partial charge on any atom is 0.417 e. The Bertz CT molecular complexity index is 1170. The molecule has 198 valence electrons. The molecule has 5 rings (SSSR count). The van der Waals surface area contributed by atoms with Crippen LogP contribution in [0.2, 0.25) is 0 Å². The molecule has 2 aliphatic carbocycles. The van der Waals surface area contributed by atoms with E-state index in [0.29, 0.717) is 30.5 Å². The average molecular weight is 528 g/mol. The summed E-state index contributed by atoms with van der Waals surface area (Å²) in [6.07, 6.45) is 3.05. The molecule has 2 heterocycles. The van der Waals surface area contributed by atoms with E-state index in [1.807, 2.05) is 0 Å². The van der Waals surface area contributed by atoms with Gasteiger partial charge in [0.25, 0.3) is 0 Å². The van der Waals surface area contributed by atoms with Crippen LogP contribution in [0.4, 0.5) is 13.2 Å². The third kappa shape index (κ3) is 5.29. The second-order valence-corrected chi connectivity index (χ2v) is 11.9. The molecule has 13 heteroatoms. The van der Waals surface area contributed by atoms with Crippen molar-refractivity contribution in [2.75, 3.05) is 13.1 Å². The van der Waals surface area contributed by atoms with E-state index in [9.17, 15) is 21.6 Å². The Kier molecular flexibility index (Phi) is 7.09. The normalized spacial score (nSPS) is 29.6. The number of H-pyrrole nitrogens is 1. The van der Waals surface area contributed by atoms with Gasteiger partial charge in [0.05, 0.1) is 5.56 Å². The van der Waals surface area contributed by atoms with Crippen LogP contribution in [0.3, 0.4) is 0 Å². The molecule has 1 aromatic heterocycles. The number of hydrogen-bond donors (Lipinski definition) is 4. The highest BCUT2D eigenvalue weighted by atomic mass is 32.2. The summed E-state index contributed by atoms with van der Waals surface area (Å²) >= 11 is 0. The number of piperidine rings is 1. The number of rotatable bonds is 5. The van der Waals surface area contributed by atoms with Crippen LogP contribution in [0.5, 0.6) is 0 Å². The van der Waals surface area contributed by atoms with Crippen molar-refractivity contribution in [3.05, 3.63) is 23.3 Å². The van der Waals surface area contributed by atoms with E-state index in [2.05, 4.69) is 31.3 Å². The van der Waals surface area contributed by atoms with E-state index in [1.165, 1.54) is 31.7 Å². The fourth-order valence-corrected chi connectivity index (χ4v) is 7.52. The van der Waals surface area contributed by atoms with Gasteiger partial charge < -0.3 is 10.6 Å². The fourth-order valence-electron chi connectivity index (χ4n) is 6.53. The molecule has 1 saturated heterocycles. The largest absolute Gasteiger partial charge is 0.417 e. The molecular weight excluding hydrogens is 495 g/mol. The fraction of sp³-hybridized carbons (Fsp3) is 0.696. The minimum atomic E-state index is -4.91. The summed E-state index contributed by atoms with van der Waals surface area (Å²) in [5.74, 6) is 1.21. The van der Waals surface area contributed by atoms with Gasteiger partial charge in [-0.1, -0.05) is 6.07 Å². The van der Waals surface area contributed by atoms with Crippen LogP contribution >= 0.6 is 0 Å². The Morgan fingerprint density at radius 2 is 1.75 bits per heavy atom. The standard InChI is InChI=1S/C23H32F3N7O2S/c24-23(25,26)19-8-7-18(20(21(19)36(27,34)35)22-30-32-33-31-22)13-1-4-16(5-2-13)29-17-6-3-15-12-28-10-9-14(15)11-17/h7-8,13-17,28-29H,1-6,9-12H2,(H2,27,34,35)(H,30,31,32,33)/t13?,14-,15+,16?,17?/m0/s1. The van der Waals surface area contributed by atoms with E-state index in [4.69, 9.17) is 5.14 Å². The van der Waals surface area contributed by atoms with E-state index >= 15 is 0 Å². The van der Waals surface area contributed by atoms with Gasteiger partial charge in [0.1, 0.15) is 4.90 Å². The lowest BCUT2D eigenvalue weighted by atomic mass is 9.73. The lowest BCUT2D eigenvalue weighted by Crippen LogP contribution is -2.48. The number of aromatic amines is 1. The maximum atomic E-state index is 13.8. The van der Waals surface area contributed by atoms with Crippen LogP contribution in [-0.4, -0.2) is 54.2 Å². The Balaban J connectivity index is 1.35. The van der Waals surface area contributed by atoms with Gasteiger partial charge >= 0.3 is 6.18 Å². The summed E-state index contributed by atoms with van der Waals surface area (Å²) in [6, 6.07) is 2.99. The average Bonchev–Trinajstić information content (AvgIpc) is 3.37. The van der Waals surface area contributed by atoms with Crippen LogP contribution in [0, 0.1) is 11.8 Å². The van der Waals surface area contributed by atoms with Gasteiger partial charge in [-0.05, 0) is 99.1 Å². The zero-order valence-electron chi connectivity index (χ0n) is 19.9. The molecule has 0 spiro atoms. The maximum absolute atomic E-state index is 13.8. The van der Waals surface area contributed by atoms with Crippen LogP contribution in [0.1, 0.15) is 68.4 Å². The van der Waals surface area contributed by atoms with Crippen molar-refractivity contribution >= 4 is 10.0 Å². The summed E-state index contributed by atoms with van der Waals surface area (Å²) in [6.45, 7) is 2.22. The highest BCUT2D eigenvalue weighted by Gasteiger charge is 2.41. The number of alkyl halides is 3. The highest BCUT2D eigenvalue weighted by Crippen LogP contribution is 2.45. The van der Waals surface area contributed by atoms with Crippen molar-refractivity contribution < 1.29 is 21.6 Å². The molecule has 1 unspecified atom stereocenters. The number of sulfonamides is 1. The number of fused-ring (bicyclic) bond motifs is 1. The number of halogens is 3. The molecule has 0 radical (unpaired) electrons. The molecule has 3 fully saturated rings. The Labute approximate surface area is 208 Å². The van der Waals surface area contributed by atoms with E-state index in [-0.39, 0.29) is 17.3 Å². The minimum Gasteiger partial charge on any atom is -0.316 e. The molecule has 1 aliphatic heterocycles. The predicted molar refractivity (Wildman–Crippen MR) is 126 cm³/mol. The summed E-state index contributed by atoms with van der Waals surface area (Å²) in [5, 5.41) is 25.9. The number of hydrogen-bond acceptors (Lipinski definition) is 7. The minimum absolute atomic E-state index is 0.139. The van der Waals surface area contributed by atoms with Crippen molar-refractivity contribution in [3.63, 3.8) is 0 Å². The second-order valence-electron chi connectivity index (χ2n) is 10.4. The van der Waals surface area contributed by atoms with Gasteiger partial charge in [-0.2, -0.15) is 18.4 Å². The predicted octanol–water partition coefficient (Wildman–Crippen LogP) is 2.93. The number of tetrazole rings is 1. The van der Waals surface area contributed by atoms with E-state index in [0.717, 1.165) is 43.8 Å². The molecule has 5 N–H and O–H groups in total. The number of aromatic nitrogens is 4. The van der Waals surface area contributed by atoms with Gasteiger partial charge in [-0.25, -0.2) is 13.6 Å². The van der Waals surface area contributed by atoms with Crippen molar-refractivity contribution in [2.45, 2.75) is 80.4 Å². The topological polar surface area (TPSA) is 139 Å². The van der Waals surface area contributed by atoms with Gasteiger partial charge in [0.2, 0.25) is 15.8 Å². The van der Waals surface area contributed by atoms with Gasteiger partial charge in [0, 0.05) is 17.6 Å². The van der Waals surface area contributed by atoms with Crippen LogP contribution in [-0.2, 0) is 16.2 Å². The molecular formula is C23H32F3N7O2S. The number of primary sulfonamides is 1. The monoisotopic (exact) mass is 527 g/mol. The first-order valence-electron chi connectivity index (χ1n) is 12.6. The molecule has 3 aliphatic rings. The smallest absolute Gasteiger partial charge is 0.316 e. The number of benzene rings is 1. The zero-order valence-corrected chi connectivity index (χ0v) is 20.7. The second kappa shape index (κ2) is 9.99. The van der Waals surface area contributed by atoms with Gasteiger partial charge in [0.15, 0.2) is 0 Å². The molecule has 0 amide bonds. The molecule has 9 nitrogen and oxygen atoms in total. The quantitative estimate of drug-likeness (QED) is 0.469. The van der Waals surface area contributed by atoms with Crippen LogP contribution in [0.15, 0.2) is 17.0 Å². The number of nitrogens with one attached hydrogen (secondary N) is 3. The molecule has 1 aromatic carbocycles. The summed E-state index contributed by atoms with van der Waals surface area (Å²) in [4.78, 5) is -0.993. The lowest BCUT2D eigenvalue weighted by molar-refractivity contribution is -0.139. The summed E-state index contributed by atoms with van der Waals surface area (Å²) in [5.41, 5.74) is -1.07. The third-order valence-electron chi connectivity index (χ3n) is 8.23. The van der Waals surface area contributed by atoms with Crippen molar-refractivity contribution in [1.29, 1.82) is 0 Å². The Morgan fingerprint density at radius 3 is 2.42 bits per heavy atom. The molecule has 2 aromatic rings. The van der Waals surface area contributed by atoms with Gasteiger partial charge in [-0.3, -0.25) is 0 Å². The van der Waals surface area contributed by atoms with Crippen LogP contribution < -0.4 is 15.8 Å². The Morgan fingerprint density at radius 1 is 1.00 bits per heavy atom. The van der Waals surface area contributed by atoms with Crippen molar-refractivity contribution in [1.82, 2.24) is 31.3 Å². The molecule has 0 bridgehead atoms. The van der Waals surface area contributed by atoms with Crippen LogP contribution in [0.25, 0.3) is 11.4 Å². The van der Waals surface area contributed by atoms with Gasteiger partial charge in [-0.15, -0.1) is 10.2 Å². The molecule has 36 heavy (non-hydrogen) atoms. The van der Waals surface area contributed by atoms with E-state index in [1.54, 1.807) is 0 Å². The first kappa shape index (κ1) is 25.6. The molecule has 2 saturated carbocycles. The number of nitrogens with two attached hydrogens (primary N) is 1.